The fourth-order valence-electron chi connectivity index (χ4n) is 2.58. The number of amides is 2. The van der Waals surface area contributed by atoms with Crippen molar-refractivity contribution in [2.45, 2.75) is 38.7 Å². The molecule has 1 unspecified atom stereocenters. The van der Waals surface area contributed by atoms with Gasteiger partial charge in [0.15, 0.2) is 0 Å². The Morgan fingerprint density at radius 3 is 2.88 bits per heavy atom. The second-order valence-electron chi connectivity index (χ2n) is 5.37. The molecular weight excluding hydrogens is 204 g/mol. The van der Waals surface area contributed by atoms with Crippen molar-refractivity contribution in [3.63, 3.8) is 0 Å². The highest BCUT2D eigenvalue weighted by molar-refractivity contribution is 5.74. The summed E-state index contributed by atoms with van der Waals surface area (Å²) < 4.78 is 0. The first-order valence-electron chi connectivity index (χ1n) is 6.36. The maximum Gasteiger partial charge on any atom is 0.317 e. The molecule has 0 bridgehead atoms. The first kappa shape index (κ1) is 11.7. The van der Waals surface area contributed by atoms with Crippen LogP contribution in [0.5, 0.6) is 0 Å². The number of piperidine rings is 1. The number of carbonyl (C=O) groups is 1. The molecule has 2 aliphatic rings. The van der Waals surface area contributed by atoms with E-state index in [0.717, 1.165) is 38.9 Å². The number of nitrogens with one attached hydrogen (secondary N) is 1. The second kappa shape index (κ2) is 5.04. The molecular formula is C12H22N2O2. The molecule has 2 fully saturated rings. The summed E-state index contributed by atoms with van der Waals surface area (Å²) in [5.74, 6) is 1.12. The third-order valence-electron chi connectivity index (χ3n) is 3.70. The van der Waals surface area contributed by atoms with Crippen LogP contribution in [0.3, 0.4) is 0 Å². The maximum atomic E-state index is 11.8. The van der Waals surface area contributed by atoms with Crippen molar-refractivity contribution < 1.29 is 9.90 Å². The summed E-state index contributed by atoms with van der Waals surface area (Å²) in [5.41, 5.74) is 0. The number of hydrogen-bond donors (Lipinski definition) is 2. The predicted octanol–water partition coefficient (Wildman–Crippen LogP) is 1.20. The lowest BCUT2D eigenvalue weighted by Gasteiger charge is -2.34. The summed E-state index contributed by atoms with van der Waals surface area (Å²) in [6, 6.07) is 0.0768. The van der Waals surface area contributed by atoms with Gasteiger partial charge < -0.3 is 15.3 Å². The Morgan fingerprint density at radius 1 is 1.50 bits per heavy atom. The smallest absolute Gasteiger partial charge is 0.317 e. The Hall–Kier alpha value is -0.770. The zero-order valence-electron chi connectivity index (χ0n) is 9.98. The van der Waals surface area contributed by atoms with Crippen LogP contribution in [0.2, 0.25) is 0 Å². The van der Waals surface area contributed by atoms with Crippen LogP contribution >= 0.6 is 0 Å². The van der Waals surface area contributed by atoms with Crippen LogP contribution in [0.4, 0.5) is 4.79 Å². The fraction of sp³-hybridized carbons (Fsp3) is 0.917. The minimum atomic E-state index is -0.128. The molecule has 1 aliphatic heterocycles. The van der Waals surface area contributed by atoms with Crippen LogP contribution in [0, 0.1) is 11.8 Å². The highest BCUT2D eigenvalue weighted by Crippen LogP contribution is 2.26. The lowest BCUT2D eigenvalue weighted by Crippen LogP contribution is -2.47. The van der Waals surface area contributed by atoms with Gasteiger partial charge in [-0.1, -0.05) is 6.92 Å². The first-order chi connectivity index (χ1) is 7.65. The average Bonchev–Trinajstić information content (AvgIpc) is 2.22. The fourth-order valence-corrected chi connectivity index (χ4v) is 2.58. The van der Waals surface area contributed by atoms with Gasteiger partial charge in [-0.25, -0.2) is 4.79 Å². The molecule has 2 N–H and O–H groups in total. The Balaban J connectivity index is 1.67. The number of aliphatic hydroxyl groups excluding tert-OH is 1. The number of carbonyl (C=O) groups excluding carboxylic acids is 1. The van der Waals surface area contributed by atoms with Gasteiger partial charge in [0.25, 0.3) is 0 Å². The molecule has 1 aliphatic carbocycles. The zero-order chi connectivity index (χ0) is 11.5. The largest absolute Gasteiger partial charge is 0.393 e. The quantitative estimate of drug-likeness (QED) is 0.743. The molecule has 0 aromatic carbocycles. The van der Waals surface area contributed by atoms with Crippen molar-refractivity contribution in [3.05, 3.63) is 0 Å². The predicted molar refractivity (Wildman–Crippen MR) is 62.1 cm³/mol. The first-order valence-corrected chi connectivity index (χ1v) is 6.36. The molecule has 1 heterocycles. The van der Waals surface area contributed by atoms with Crippen LogP contribution in [0.15, 0.2) is 0 Å². The number of aliphatic hydroxyl groups is 1. The standard InChI is InChI=1S/C12H22N2O2/c1-9-3-2-4-14(8-9)12(16)13-7-10-5-11(15)6-10/h9-11,15H,2-8H2,1H3,(H,13,16). The van der Waals surface area contributed by atoms with Crippen molar-refractivity contribution in [2.75, 3.05) is 19.6 Å². The number of nitrogens with zero attached hydrogens (tertiary/aromatic N) is 1. The van der Waals surface area contributed by atoms with E-state index in [9.17, 15) is 4.79 Å². The Kier molecular flexibility index (Phi) is 3.69. The van der Waals surface area contributed by atoms with Gasteiger partial charge in [-0.15, -0.1) is 0 Å². The minimum Gasteiger partial charge on any atom is -0.393 e. The van der Waals surface area contributed by atoms with E-state index in [1.165, 1.54) is 6.42 Å². The van der Waals surface area contributed by atoms with E-state index in [1.807, 2.05) is 4.90 Å². The van der Waals surface area contributed by atoms with Crippen LogP contribution in [0.1, 0.15) is 32.6 Å². The van der Waals surface area contributed by atoms with E-state index in [-0.39, 0.29) is 12.1 Å². The molecule has 2 amide bonds. The second-order valence-corrected chi connectivity index (χ2v) is 5.37. The number of rotatable bonds is 2. The van der Waals surface area contributed by atoms with Gasteiger partial charge in [-0.05, 0) is 37.5 Å². The van der Waals surface area contributed by atoms with Gasteiger partial charge in [-0.3, -0.25) is 0 Å². The molecule has 0 spiro atoms. The molecule has 1 atom stereocenters. The maximum absolute atomic E-state index is 11.8. The van der Waals surface area contributed by atoms with Gasteiger partial charge >= 0.3 is 6.03 Å². The van der Waals surface area contributed by atoms with Crippen LogP contribution < -0.4 is 5.32 Å². The van der Waals surface area contributed by atoms with E-state index in [1.54, 1.807) is 0 Å². The van der Waals surface area contributed by atoms with Crippen molar-refractivity contribution in [1.29, 1.82) is 0 Å². The highest BCUT2D eigenvalue weighted by atomic mass is 16.3. The monoisotopic (exact) mass is 226 g/mol. The topological polar surface area (TPSA) is 52.6 Å². The van der Waals surface area contributed by atoms with Crippen molar-refractivity contribution >= 4 is 6.03 Å². The van der Waals surface area contributed by atoms with Crippen LogP contribution in [-0.2, 0) is 0 Å². The molecule has 2 rings (SSSR count). The molecule has 1 saturated heterocycles. The van der Waals surface area contributed by atoms with E-state index in [2.05, 4.69) is 12.2 Å². The summed E-state index contributed by atoms with van der Waals surface area (Å²) in [5, 5.41) is 12.1. The summed E-state index contributed by atoms with van der Waals surface area (Å²) >= 11 is 0. The lowest BCUT2D eigenvalue weighted by atomic mass is 9.82. The van der Waals surface area contributed by atoms with E-state index in [4.69, 9.17) is 5.11 Å². The van der Waals surface area contributed by atoms with E-state index < -0.39 is 0 Å². The number of hydrogen-bond acceptors (Lipinski definition) is 2. The van der Waals surface area contributed by atoms with Gasteiger partial charge in [0.1, 0.15) is 0 Å². The zero-order valence-corrected chi connectivity index (χ0v) is 9.98. The number of likely N-dealkylation sites (tertiary alicyclic amines) is 1. The van der Waals surface area contributed by atoms with Gasteiger partial charge in [0, 0.05) is 19.6 Å². The highest BCUT2D eigenvalue weighted by Gasteiger charge is 2.28. The van der Waals surface area contributed by atoms with E-state index in [0.29, 0.717) is 11.8 Å². The third kappa shape index (κ3) is 2.88. The summed E-state index contributed by atoms with van der Waals surface area (Å²) in [6.45, 7) is 4.70. The Bertz CT molecular complexity index is 251. The van der Waals surface area contributed by atoms with Gasteiger partial charge in [-0.2, -0.15) is 0 Å². The summed E-state index contributed by atoms with van der Waals surface area (Å²) in [6.07, 6.45) is 3.92. The van der Waals surface area contributed by atoms with Crippen molar-refractivity contribution in [2.24, 2.45) is 11.8 Å². The summed E-state index contributed by atoms with van der Waals surface area (Å²) in [4.78, 5) is 13.7. The SMILES string of the molecule is CC1CCCN(C(=O)NCC2CC(O)C2)C1. The number of urea groups is 1. The summed E-state index contributed by atoms with van der Waals surface area (Å²) in [7, 11) is 0. The van der Waals surface area contributed by atoms with Gasteiger partial charge in [0.2, 0.25) is 0 Å². The third-order valence-corrected chi connectivity index (χ3v) is 3.70. The van der Waals surface area contributed by atoms with Crippen molar-refractivity contribution in [1.82, 2.24) is 10.2 Å². The van der Waals surface area contributed by atoms with Crippen molar-refractivity contribution in [3.8, 4) is 0 Å². The lowest BCUT2D eigenvalue weighted by molar-refractivity contribution is 0.0431. The Labute approximate surface area is 97.0 Å². The molecule has 4 nitrogen and oxygen atoms in total. The molecule has 0 aromatic heterocycles. The Morgan fingerprint density at radius 2 is 2.25 bits per heavy atom. The normalized spacial score (nSPS) is 34.4. The van der Waals surface area contributed by atoms with Gasteiger partial charge in [0.05, 0.1) is 6.10 Å². The molecule has 0 radical (unpaired) electrons. The molecule has 1 saturated carbocycles. The van der Waals surface area contributed by atoms with E-state index >= 15 is 0 Å². The molecule has 16 heavy (non-hydrogen) atoms. The molecule has 92 valence electrons. The van der Waals surface area contributed by atoms with Crippen LogP contribution in [-0.4, -0.2) is 41.8 Å². The molecule has 0 aromatic rings. The van der Waals surface area contributed by atoms with Crippen LogP contribution in [0.25, 0.3) is 0 Å². The average molecular weight is 226 g/mol. The minimum absolute atomic E-state index is 0.0768. The molecule has 4 heteroatoms.